The third kappa shape index (κ3) is 13.3. The quantitative estimate of drug-likeness (QED) is 0.525. The van der Waals surface area contributed by atoms with Crippen LogP contribution in [0.1, 0.15) is 41.0 Å². The molecule has 0 aromatic rings. The predicted molar refractivity (Wildman–Crippen MR) is 69.0 cm³/mol. The highest BCUT2D eigenvalue weighted by Crippen LogP contribution is 2.06. The summed E-state index contributed by atoms with van der Waals surface area (Å²) in [5.74, 6) is 0.366. The molecular weight excluding hydrogens is 218 g/mol. The average Bonchev–Trinajstić information content (AvgIpc) is 2.12. The van der Waals surface area contributed by atoms with Gasteiger partial charge in [0, 0.05) is 13.2 Å². The maximum Gasteiger partial charge on any atom is 0.320 e. The van der Waals surface area contributed by atoms with Crippen molar-refractivity contribution in [2.24, 2.45) is 5.92 Å². The molecule has 102 valence electrons. The molecule has 4 heteroatoms. The lowest BCUT2D eigenvalue weighted by molar-refractivity contribution is -0.153. The van der Waals surface area contributed by atoms with Crippen molar-refractivity contribution in [3.63, 3.8) is 0 Å². The van der Waals surface area contributed by atoms with E-state index in [9.17, 15) is 4.79 Å². The summed E-state index contributed by atoms with van der Waals surface area (Å²) in [6.07, 6.45) is 0.912. The Bertz CT molecular complexity index is 209. The number of esters is 1. The zero-order valence-electron chi connectivity index (χ0n) is 11.8. The highest BCUT2D eigenvalue weighted by molar-refractivity contribution is 5.72. The van der Waals surface area contributed by atoms with Crippen molar-refractivity contribution in [1.82, 2.24) is 5.32 Å². The standard InChI is InChI=1S/C13H27NO3/c1-11(2)10-16-8-6-7-14-9-12(15)17-13(3,4)5/h11,14H,6-10H2,1-5H3. The second-order valence-electron chi connectivity index (χ2n) is 5.59. The third-order valence-electron chi connectivity index (χ3n) is 1.78. The number of rotatable bonds is 8. The molecule has 0 rings (SSSR count). The van der Waals surface area contributed by atoms with Gasteiger partial charge >= 0.3 is 5.97 Å². The summed E-state index contributed by atoms with van der Waals surface area (Å²) < 4.78 is 10.6. The largest absolute Gasteiger partial charge is 0.459 e. The van der Waals surface area contributed by atoms with Crippen molar-refractivity contribution >= 4 is 5.97 Å². The average molecular weight is 245 g/mol. The van der Waals surface area contributed by atoms with Crippen molar-refractivity contribution in [2.45, 2.75) is 46.6 Å². The zero-order chi connectivity index (χ0) is 13.3. The highest BCUT2D eigenvalue weighted by atomic mass is 16.6. The molecule has 1 N–H and O–H groups in total. The first kappa shape index (κ1) is 16.4. The maximum atomic E-state index is 11.3. The van der Waals surface area contributed by atoms with Gasteiger partial charge in [0.25, 0.3) is 0 Å². The highest BCUT2D eigenvalue weighted by Gasteiger charge is 2.15. The van der Waals surface area contributed by atoms with Crippen molar-refractivity contribution in [3.8, 4) is 0 Å². The normalized spacial score (nSPS) is 11.9. The fourth-order valence-electron chi connectivity index (χ4n) is 1.19. The summed E-state index contributed by atoms with van der Waals surface area (Å²) >= 11 is 0. The van der Waals surface area contributed by atoms with Crippen LogP contribution in [0.25, 0.3) is 0 Å². The van der Waals surface area contributed by atoms with E-state index in [1.807, 2.05) is 20.8 Å². The Morgan fingerprint density at radius 2 is 1.94 bits per heavy atom. The van der Waals surface area contributed by atoms with E-state index in [0.717, 1.165) is 26.2 Å². The van der Waals surface area contributed by atoms with Gasteiger partial charge in [-0.25, -0.2) is 0 Å². The molecule has 0 aromatic carbocycles. The Morgan fingerprint density at radius 1 is 1.29 bits per heavy atom. The Labute approximate surface area is 105 Å². The molecule has 0 amide bonds. The molecule has 0 aromatic heterocycles. The Morgan fingerprint density at radius 3 is 2.47 bits per heavy atom. The molecule has 0 aliphatic carbocycles. The lowest BCUT2D eigenvalue weighted by Gasteiger charge is -2.19. The van der Waals surface area contributed by atoms with Crippen LogP contribution < -0.4 is 5.32 Å². The van der Waals surface area contributed by atoms with Crippen LogP contribution in [0.5, 0.6) is 0 Å². The van der Waals surface area contributed by atoms with Gasteiger partial charge in [-0.05, 0) is 39.7 Å². The molecule has 0 saturated carbocycles. The number of carbonyl (C=O) groups is 1. The number of carbonyl (C=O) groups excluding carboxylic acids is 1. The fourth-order valence-corrected chi connectivity index (χ4v) is 1.19. The molecule has 0 fully saturated rings. The molecular formula is C13H27NO3. The van der Waals surface area contributed by atoms with Crippen LogP contribution in [0.3, 0.4) is 0 Å². The zero-order valence-corrected chi connectivity index (χ0v) is 11.8. The van der Waals surface area contributed by atoms with E-state index in [1.54, 1.807) is 0 Å². The summed E-state index contributed by atoms with van der Waals surface area (Å²) in [5.41, 5.74) is -0.404. The predicted octanol–water partition coefficient (Wildman–Crippen LogP) is 1.98. The van der Waals surface area contributed by atoms with Crippen molar-refractivity contribution < 1.29 is 14.3 Å². The molecule has 4 nitrogen and oxygen atoms in total. The molecule has 0 unspecified atom stereocenters. The second-order valence-corrected chi connectivity index (χ2v) is 5.59. The van der Waals surface area contributed by atoms with Crippen LogP contribution >= 0.6 is 0 Å². The third-order valence-corrected chi connectivity index (χ3v) is 1.78. The van der Waals surface area contributed by atoms with Gasteiger partial charge in [-0.2, -0.15) is 0 Å². The van der Waals surface area contributed by atoms with Gasteiger partial charge in [0.05, 0.1) is 6.54 Å². The minimum absolute atomic E-state index is 0.208. The first-order chi connectivity index (χ1) is 7.81. The van der Waals surface area contributed by atoms with Crippen molar-refractivity contribution in [3.05, 3.63) is 0 Å². The van der Waals surface area contributed by atoms with Gasteiger partial charge in [-0.15, -0.1) is 0 Å². The summed E-state index contributed by atoms with van der Waals surface area (Å²) in [7, 11) is 0. The van der Waals surface area contributed by atoms with Crippen LogP contribution in [0.2, 0.25) is 0 Å². The van der Waals surface area contributed by atoms with Crippen molar-refractivity contribution in [2.75, 3.05) is 26.3 Å². The number of hydrogen-bond donors (Lipinski definition) is 1. The molecule has 0 heterocycles. The minimum atomic E-state index is -0.404. The Hall–Kier alpha value is -0.610. The van der Waals surface area contributed by atoms with E-state index in [2.05, 4.69) is 19.2 Å². The molecule has 0 saturated heterocycles. The van der Waals surface area contributed by atoms with E-state index in [-0.39, 0.29) is 12.5 Å². The molecule has 0 aliphatic heterocycles. The van der Waals surface area contributed by atoms with Gasteiger partial charge in [0.1, 0.15) is 5.60 Å². The van der Waals surface area contributed by atoms with Crippen LogP contribution in [-0.2, 0) is 14.3 Å². The number of nitrogens with one attached hydrogen (secondary N) is 1. The van der Waals surface area contributed by atoms with E-state index < -0.39 is 5.60 Å². The topological polar surface area (TPSA) is 47.6 Å². The monoisotopic (exact) mass is 245 g/mol. The first-order valence-electron chi connectivity index (χ1n) is 6.31. The summed E-state index contributed by atoms with van der Waals surface area (Å²) in [6, 6.07) is 0. The van der Waals surface area contributed by atoms with E-state index in [0.29, 0.717) is 5.92 Å². The van der Waals surface area contributed by atoms with Gasteiger partial charge < -0.3 is 14.8 Å². The molecule has 0 radical (unpaired) electrons. The molecule has 0 bridgehead atoms. The smallest absolute Gasteiger partial charge is 0.320 e. The number of ether oxygens (including phenoxy) is 2. The Balaban J connectivity index is 3.31. The minimum Gasteiger partial charge on any atom is -0.459 e. The fraction of sp³-hybridized carbons (Fsp3) is 0.923. The second kappa shape index (κ2) is 8.48. The van der Waals surface area contributed by atoms with Crippen LogP contribution in [0, 0.1) is 5.92 Å². The maximum absolute atomic E-state index is 11.3. The lowest BCUT2D eigenvalue weighted by atomic mass is 10.2. The van der Waals surface area contributed by atoms with Crippen LogP contribution in [0.4, 0.5) is 0 Å². The lowest BCUT2D eigenvalue weighted by Crippen LogP contribution is -2.32. The molecule has 0 spiro atoms. The summed E-state index contributed by atoms with van der Waals surface area (Å²) in [6.45, 7) is 12.4. The summed E-state index contributed by atoms with van der Waals surface area (Å²) in [5, 5.41) is 3.04. The van der Waals surface area contributed by atoms with Gasteiger partial charge in [-0.3, -0.25) is 4.79 Å². The molecule has 0 aliphatic rings. The van der Waals surface area contributed by atoms with E-state index in [1.165, 1.54) is 0 Å². The van der Waals surface area contributed by atoms with E-state index in [4.69, 9.17) is 9.47 Å². The molecule has 0 atom stereocenters. The first-order valence-corrected chi connectivity index (χ1v) is 6.31. The van der Waals surface area contributed by atoms with Gasteiger partial charge in [0.2, 0.25) is 0 Å². The van der Waals surface area contributed by atoms with Crippen LogP contribution in [-0.4, -0.2) is 37.9 Å². The van der Waals surface area contributed by atoms with Crippen molar-refractivity contribution in [1.29, 1.82) is 0 Å². The molecule has 17 heavy (non-hydrogen) atoms. The van der Waals surface area contributed by atoms with Crippen LogP contribution in [0.15, 0.2) is 0 Å². The summed E-state index contributed by atoms with van der Waals surface area (Å²) in [4.78, 5) is 11.3. The number of hydrogen-bond acceptors (Lipinski definition) is 4. The Kier molecular flexibility index (Phi) is 8.17. The van der Waals surface area contributed by atoms with Gasteiger partial charge in [-0.1, -0.05) is 13.8 Å². The SMILES string of the molecule is CC(C)COCCCNCC(=O)OC(C)(C)C. The van der Waals surface area contributed by atoms with Gasteiger partial charge in [0.15, 0.2) is 0 Å². The van der Waals surface area contributed by atoms with E-state index >= 15 is 0 Å².